The number of methoxy groups -OCH3 is 1. The predicted octanol–water partition coefficient (Wildman–Crippen LogP) is 5.17. The molecule has 0 heterocycles. The minimum atomic E-state index is 0.501. The van der Waals surface area contributed by atoms with Gasteiger partial charge < -0.3 is 4.74 Å². The fourth-order valence-corrected chi connectivity index (χ4v) is 2.48. The van der Waals surface area contributed by atoms with E-state index in [1.807, 2.05) is 6.07 Å². The Morgan fingerprint density at radius 1 is 1.05 bits per heavy atom. The molecule has 0 aliphatic heterocycles. The van der Waals surface area contributed by atoms with Gasteiger partial charge in [-0.3, -0.25) is 0 Å². The summed E-state index contributed by atoms with van der Waals surface area (Å²) >= 11 is 3.47. The number of rotatable bonds is 4. The first-order valence-corrected chi connectivity index (χ1v) is 7.30. The van der Waals surface area contributed by atoms with Gasteiger partial charge >= 0.3 is 0 Å². The zero-order chi connectivity index (χ0) is 13.8. The average molecular weight is 319 g/mol. The van der Waals surface area contributed by atoms with E-state index in [1.165, 1.54) is 16.7 Å². The van der Waals surface area contributed by atoms with E-state index in [4.69, 9.17) is 4.74 Å². The summed E-state index contributed by atoms with van der Waals surface area (Å²) in [4.78, 5) is 0. The smallest absolute Gasteiger partial charge is 0.119 e. The van der Waals surface area contributed by atoms with Crippen LogP contribution in [0.1, 0.15) is 36.5 Å². The second-order valence-electron chi connectivity index (χ2n) is 5.02. The summed E-state index contributed by atoms with van der Waals surface area (Å²) in [5, 5.41) is 0. The molecule has 0 N–H and O–H groups in total. The molecule has 0 bridgehead atoms. The van der Waals surface area contributed by atoms with E-state index < -0.39 is 0 Å². The minimum Gasteiger partial charge on any atom is -0.497 e. The maximum absolute atomic E-state index is 5.32. The third-order valence-corrected chi connectivity index (χ3v) is 3.81. The third-order valence-electron chi connectivity index (χ3n) is 3.28. The van der Waals surface area contributed by atoms with Crippen LogP contribution in [-0.4, -0.2) is 7.11 Å². The fourth-order valence-electron chi connectivity index (χ4n) is 2.22. The van der Waals surface area contributed by atoms with Crippen LogP contribution >= 0.6 is 15.9 Å². The lowest BCUT2D eigenvalue weighted by Gasteiger charge is -2.14. The number of ether oxygens (including phenoxy) is 1. The molecule has 0 aliphatic carbocycles. The molecule has 1 nitrogen and oxygen atoms in total. The molecule has 0 spiro atoms. The van der Waals surface area contributed by atoms with Crippen molar-refractivity contribution in [2.45, 2.75) is 26.2 Å². The lowest BCUT2D eigenvalue weighted by Crippen LogP contribution is -1.99. The molecule has 2 rings (SSSR count). The molecule has 0 fully saturated rings. The van der Waals surface area contributed by atoms with Crippen LogP contribution in [0.3, 0.4) is 0 Å². The normalized spacial score (nSPS) is 10.8. The Bertz CT molecular complexity index is 544. The Hall–Kier alpha value is -1.28. The van der Waals surface area contributed by atoms with Crippen molar-refractivity contribution in [3.63, 3.8) is 0 Å². The number of halogens is 1. The first-order chi connectivity index (χ1) is 9.10. The molecular weight excluding hydrogens is 300 g/mol. The minimum absolute atomic E-state index is 0.501. The van der Waals surface area contributed by atoms with Crippen LogP contribution in [0.2, 0.25) is 0 Å². The lowest BCUT2D eigenvalue weighted by molar-refractivity contribution is 0.414. The maximum Gasteiger partial charge on any atom is 0.119 e. The molecule has 0 amide bonds. The first kappa shape index (κ1) is 14.1. The van der Waals surface area contributed by atoms with E-state index in [9.17, 15) is 0 Å². The van der Waals surface area contributed by atoms with Gasteiger partial charge in [0.1, 0.15) is 5.75 Å². The molecule has 0 unspecified atom stereocenters. The molecule has 0 aliphatic rings. The molecule has 100 valence electrons. The summed E-state index contributed by atoms with van der Waals surface area (Å²) in [5.41, 5.74) is 4.07. The van der Waals surface area contributed by atoms with Crippen LogP contribution in [0, 0.1) is 0 Å². The van der Waals surface area contributed by atoms with Crippen molar-refractivity contribution in [3.8, 4) is 5.75 Å². The molecule has 0 saturated heterocycles. The predicted molar refractivity (Wildman–Crippen MR) is 84.0 cm³/mol. The summed E-state index contributed by atoms with van der Waals surface area (Å²) in [7, 11) is 1.72. The summed E-state index contributed by atoms with van der Waals surface area (Å²) in [6.45, 7) is 4.44. The van der Waals surface area contributed by atoms with Crippen LogP contribution < -0.4 is 4.74 Å². The molecule has 0 aromatic heterocycles. The van der Waals surface area contributed by atoms with E-state index in [2.05, 4.69) is 66.2 Å². The highest BCUT2D eigenvalue weighted by Gasteiger charge is 2.09. The van der Waals surface area contributed by atoms with Crippen molar-refractivity contribution < 1.29 is 4.74 Å². The first-order valence-electron chi connectivity index (χ1n) is 6.51. The largest absolute Gasteiger partial charge is 0.497 e. The van der Waals surface area contributed by atoms with Crippen molar-refractivity contribution in [2.75, 3.05) is 7.11 Å². The van der Waals surface area contributed by atoms with Gasteiger partial charge in [0.25, 0.3) is 0 Å². The van der Waals surface area contributed by atoms with Crippen molar-refractivity contribution in [3.05, 3.63) is 63.6 Å². The molecule has 0 radical (unpaired) electrons. The van der Waals surface area contributed by atoms with Crippen molar-refractivity contribution in [1.82, 2.24) is 0 Å². The Labute approximate surface area is 123 Å². The molecule has 2 heteroatoms. The molecular formula is C17H19BrO. The summed E-state index contributed by atoms with van der Waals surface area (Å²) < 4.78 is 6.44. The van der Waals surface area contributed by atoms with Crippen LogP contribution in [0.25, 0.3) is 0 Å². The van der Waals surface area contributed by atoms with Gasteiger partial charge in [-0.2, -0.15) is 0 Å². The van der Waals surface area contributed by atoms with E-state index in [0.717, 1.165) is 16.6 Å². The summed E-state index contributed by atoms with van der Waals surface area (Å²) in [5.74, 6) is 1.43. The van der Waals surface area contributed by atoms with E-state index in [0.29, 0.717) is 5.92 Å². The number of benzene rings is 2. The molecule has 2 aromatic carbocycles. The van der Waals surface area contributed by atoms with Gasteiger partial charge in [0.05, 0.1) is 7.11 Å². The highest BCUT2D eigenvalue weighted by atomic mass is 79.9. The van der Waals surface area contributed by atoms with Crippen LogP contribution in [0.15, 0.2) is 46.9 Å². The van der Waals surface area contributed by atoms with Crippen molar-refractivity contribution >= 4 is 15.9 Å². The monoisotopic (exact) mass is 318 g/mol. The number of hydrogen-bond acceptors (Lipinski definition) is 1. The Balaban J connectivity index is 2.31. The summed E-state index contributed by atoms with van der Waals surface area (Å²) in [6.07, 6.45) is 0.963. The van der Waals surface area contributed by atoms with E-state index in [-0.39, 0.29) is 0 Å². The Kier molecular flexibility index (Phi) is 4.65. The second kappa shape index (κ2) is 6.25. The van der Waals surface area contributed by atoms with E-state index in [1.54, 1.807) is 7.11 Å². The molecule has 2 aromatic rings. The van der Waals surface area contributed by atoms with Crippen LogP contribution in [-0.2, 0) is 6.42 Å². The van der Waals surface area contributed by atoms with Gasteiger partial charge in [-0.05, 0) is 53.3 Å². The fraction of sp³-hybridized carbons (Fsp3) is 0.294. The lowest BCUT2D eigenvalue weighted by atomic mass is 9.93. The zero-order valence-electron chi connectivity index (χ0n) is 11.6. The maximum atomic E-state index is 5.32. The van der Waals surface area contributed by atoms with Gasteiger partial charge in [0.15, 0.2) is 0 Å². The van der Waals surface area contributed by atoms with Gasteiger partial charge in [-0.15, -0.1) is 0 Å². The average Bonchev–Trinajstić information content (AvgIpc) is 2.41. The third kappa shape index (κ3) is 3.60. The van der Waals surface area contributed by atoms with Gasteiger partial charge in [0, 0.05) is 4.47 Å². The van der Waals surface area contributed by atoms with E-state index >= 15 is 0 Å². The number of hydrogen-bond donors (Lipinski definition) is 0. The second-order valence-corrected chi connectivity index (χ2v) is 5.94. The van der Waals surface area contributed by atoms with Gasteiger partial charge in [0.2, 0.25) is 0 Å². The van der Waals surface area contributed by atoms with Crippen molar-refractivity contribution in [1.29, 1.82) is 0 Å². The van der Waals surface area contributed by atoms with Crippen LogP contribution in [0.5, 0.6) is 5.75 Å². The van der Waals surface area contributed by atoms with Crippen LogP contribution in [0.4, 0.5) is 0 Å². The Morgan fingerprint density at radius 3 is 2.32 bits per heavy atom. The SMILES string of the molecule is COc1ccc(Cc2ccc(Br)cc2)c(C(C)C)c1. The molecule has 0 saturated carbocycles. The Morgan fingerprint density at radius 2 is 1.74 bits per heavy atom. The standard InChI is InChI=1S/C17H19BrO/c1-12(2)17-11-16(19-3)9-6-14(17)10-13-4-7-15(18)8-5-13/h4-9,11-12H,10H2,1-3H3. The molecule has 19 heavy (non-hydrogen) atoms. The zero-order valence-corrected chi connectivity index (χ0v) is 13.2. The van der Waals surface area contributed by atoms with Gasteiger partial charge in [-0.25, -0.2) is 0 Å². The topological polar surface area (TPSA) is 9.23 Å². The van der Waals surface area contributed by atoms with Crippen molar-refractivity contribution in [2.24, 2.45) is 0 Å². The molecule has 0 atom stereocenters. The quantitative estimate of drug-likeness (QED) is 0.755. The summed E-state index contributed by atoms with van der Waals surface area (Å²) in [6, 6.07) is 14.9. The highest BCUT2D eigenvalue weighted by molar-refractivity contribution is 9.10. The van der Waals surface area contributed by atoms with Gasteiger partial charge in [-0.1, -0.05) is 48.0 Å². The highest BCUT2D eigenvalue weighted by Crippen LogP contribution is 2.26.